The Balaban J connectivity index is 1.66. The van der Waals surface area contributed by atoms with E-state index < -0.39 is 0 Å². The zero-order valence-corrected chi connectivity index (χ0v) is 16.9. The number of nitrogens with one attached hydrogen (secondary N) is 1. The molecule has 1 N–H and O–H groups in total. The van der Waals surface area contributed by atoms with E-state index in [1.165, 1.54) is 32.4 Å². The normalized spacial score (nSPS) is 10.8. The molecule has 0 bridgehead atoms. The second kappa shape index (κ2) is 8.35. The highest BCUT2D eigenvalue weighted by Gasteiger charge is 2.17. The van der Waals surface area contributed by atoms with Crippen LogP contribution in [-0.4, -0.2) is 33.6 Å². The predicted octanol–water partition coefficient (Wildman–Crippen LogP) is 3.95. The number of rotatable bonds is 6. The quantitative estimate of drug-likeness (QED) is 0.512. The van der Waals surface area contributed by atoms with Crippen LogP contribution in [0.4, 0.5) is 10.1 Å². The fourth-order valence-electron chi connectivity index (χ4n) is 3.34. The fraction of sp³-hybridized carbons (Fsp3) is 0.130. The summed E-state index contributed by atoms with van der Waals surface area (Å²) in [6.45, 7) is 1.52. The Kier molecular flexibility index (Phi) is 5.44. The molecule has 4 aromatic rings. The number of halogens is 1. The van der Waals surface area contributed by atoms with Crippen molar-refractivity contribution >= 4 is 28.3 Å². The van der Waals surface area contributed by atoms with Crippen LogP contribution in [0.15, 0.2) is 61.1 Å². The minimum Gasteiger partial charge on any atom is -0.495 e. The summed E-state index contributed by atoms with van der Waals surface area (Å²) in [6, 6.07) is 11.1. The second-order valence-corrected chi connectivity index (χ2v) is 7.02. The van der Waals surface area contributed by atoms with Crippen LogP contribution in [0.1, 0.15) is 22.8 Å². The molecule has 7 nitrogen and oxygen atoms in total. The molecular weight excluding hydrogens is 399 g/mol. The third kappa shape index (κ3) is 4.13. The van der Waals surface area contributed by atoms with Crippen molar-refractivity contribution in [2.24, 2.45) is 0 Å². The number of ether oxygens (including phenoxy) is 1. The summed E-state index contributed by atoms with van der Waals surface area (Å²) in [4.78, 5) is 28.5. The Bertz CT molecular complexity index is 1280. The van der Waals surface area contributed by atoms with Gasteiger partial charge in [0.05, 0.1) is 42.0 Å². The highest BCUT2D eigenvalue weighted by molar-refractivity contribution is 6.12. The first-order chi connectivity index (χ1) is 15.0. The molecule has 8 heteroatoms. The standard InChI is InChI=1S/C23H19FN4O3/c1-14(29)9-15-3-8-20(22(10-15)31-2)27-23(30)19-11-25-13-21-18(19)12-26-28(21)17-6-4-16(24)5-7-17/h3-8,10-13H,9H2,1-2H3,(H,27,30). The molecule has 1 amide bonds. The maximum atomic E-state index is 13.2. The van der Waals surface area contributed by atoms with Gasteiger partial charge in [-0.3, -0.25) is 14.6 Å². The van der Waals surface area contributed by atoms with E-state index in [0.29, 0.717) is 33.6 Å². The van der Waals surface area contributed by atoms with Crippen molar-refractivity contribution in [2.45, 2.75) is 13.3 Å². The molecule has 2 aromatic carbocycles. The first-order valence-electron chi connectivity index (χ1n) is 9.51. The number of anilines is 1. The van der Waals surface area contributed by atoms with Crippen LogP contribution in [0.5, 0.6) is 5.75 Å². The molecule has 2 heterocycles. The summed E-state index contributed by atoms with van der Waals surface area (Å²) < 4.78 is 20.2. The van der Waals surface area contributed by atoms with Crippen molar-refractivity contribution in [1.29, 1.82) is 0 Å². The van der Waals surface area contributed by atoms with Crippen LogP contribution in [0.2, 0.25) is 0 Å². The Labute approximate surface area is 177 Å². The van der Waals surface area contributed by atoms with E-state index in [2.05, 4.69) is 15.4 Å². The number of hydrogen-bond donors (Lipinski definition) is 1. The number of Topliss-reactive ketones (excluding diaryl/α,β-unsaturated/α-hetero) is 1. The number of nitrogens with zero attached hydrogens (tertiary/aromatic N) is 3. The number of carbonyl (C=O) groups excluding carboxylic acids is 2. The third-order valence-corrected chi connectivity index (χ3v) is 4.78. The zero-order valence-electron chi connectivity index (χ0n) is 16.9. The Hall–Kier alpha value is -4.07. The SMILES string of the molecule is COc1cc(CC(C)=O)ccc1NC(=O)c1cncc2c1cnn2-c1ccc(F)cc1. The maximum Gasteiger partial charge on any atom is 0.258 e. The van der Waals surface area contributed by atoms with Crippen molar-refractivity contribution in [3.63, 3.8) is 0 Å². The zero-order chi connectivity index (χ0) is 22.0. The monoisotopic (exact) mass is 418 g/mol. The molecule has 4 rings (SSSR count). The van der Waals surface area contributed by atoms with Gasteiger partial charge in [0.15, 0.2) is 0 Å². The molecule has 0 atom stereocenters. The molecule has 0 saturated heterocycles. The first kappa shape index (κ1) is 20.2. The van der Waals surface area contributed by atoms with Crippen LogP contribution < -0.4 is 10.1 Å². The van der Waals surface area contributed by atoms with Gasteiger partial charge in [-0.25, -0.2) is 9.07 Å². The molecule has 156 valence electrons. The molecule has 31 heavy (non-hydrogen) atoms. The van der Waals surface area contributed by atoms with Gasteiger partial charge in [-0.2, -0.15) is 5.10 Å². The van der Waals surface area contributed by atoms with Crippen molar-refractivity contribution in [3.05, 3.63) is 78.0 Å². The van der Waals surface area contributed by atoms with Gasteiger partial charge in [-0.1, -0.05) is 6.07 Å². The van der Waals surface area contributed by atoms with Gasteiger partial charge in [0.1, 0.15) is 17.3 Å². The number of hydrogen-bond acceptors (Lipinski definition) is 5. The molecule has 2 aromatic heterocycles. The van der Waals surface area contributed by atoms with E-state index in [4.69, 9.17) is 4.74 Å². The summed E-state index contributed by atoms with van der Waals surface area (Å²) >= 11 is 0. The lowest BCUT2D eigenvalue weighted by molar-refractivity contribution is -0.116. The maximum absolute atomic E-state index is 13.2. The lowest BCUT2D eigenvalue weighted by Crippen LogP contribution is -2.13. The number of methoxy groups -OCH3 is 1. The lowest BCUT2D eigenvalue weighted by atomic mass is 10.1. The summed E-state index contributed by atoms with van der Waals surface area (Å²) in [7, 11) is 1.50. The molecule has 0 saturated carbocycles. The smallest absolute Gasteiger partial charge is 0.258 e. The average Bonchev–Trinajstić information content (AvgIpc) is 3.19. The number of pyridine rings is 1. The number of ketones is 1. The Morgan fingerprint density at radius 1 is 1.10 bits per heavy atom. The van der Waals surface area contributed by atoms with E-state index in [9.17, 15) is 14.0 Å². The van der Waals surface area contributed by atoms with Crippen LogP contribution >= 0.6 is 0 Å². The molecule has 0 spiro atoms. The van der Waals surface area contributed by atoms with Crippen molar-refractivity contribution in [3.8, 4) is 11.4 Å². The van der Waals surface area contributed by atoms with Gasteiger partial charge < -0.3 is 10.1 Å². The van der Waals surface area contributed by atoms with Crippen LogP contribution in [0, 0.1) is 5.82 Å². The van der Waals surface area contributed by atoms with Crippen LogP contribution in [-0.2, 0) is 11.2 Å². The molecule has 0 fully saturated rings. The minimum absolute atomic E-state index is 0.0368. The summed E-state index contributed by atoms with van der Waals surface area (Å²) in [6.07, 6.45) is 4.92. The molecule has 0 radical (unpaired) electrons. The Morgan fingerprint density at radius 3 is 2.58 bits per heavy atom. The van der Waals surface area contributed by atoms with Gasteiger partial charge >= 0.3 is 0 Å². The number of amides is 1. The number of fused-ring (bicyclic) bond motifs is 1. The van der Waals surface area contributed by atoms with Crippen molar-refractivity contribution in [1.82, 2.24) is 14.8 Å². The number of aromatic nitrogens is 3. The van der Waals surface area contributed by atoms with E-state index >= 15 is 0 Å². The average molecular weight is 418 g/mol. The largest absolute Gasteiger partial charge is 0.495 e. The van der Waals surface area contributed by atoms with Crippen molar-refractivity contribution < 1.29 is 18.7 Å². The topological polar surface area (TPSA) is 86.1 Å². The van der Waals surface area contributed by atoms with Gasteiger partial charge in [0.2, 0.25) is 0 Å². The molecule has 0 aliphatic rings. The van der Waals surface area contributed by atoms with E-state index in [1.807, 2.05) is 0 Å². The summed E-state index contributed by atoms with van der Waals surface area (Å²) in [5, 5.41) is 7.77. The highest BCUT2D eigenvalue weighted by Crippen LogP contribution is 2.28. The number of carbonyl (C=O) groups is 2. The number of benzene rings is 2. The van der Waals surface area contributed by atoms with E-state index in [1.54, 1.807) is 47.4 Å². The predicted molar refractivity (Wildman–Crippen MR) is 114 cm³/mol. The van der Waals surface area contributed by atoms with Crippen molar-refractivity contribution in [2.75, 3.05) is 12.4 Å². The summed E-state index contributed by atoms with van der Waals surface area (Å²) in [5.41, 5.74) is 2.87. The Morgan fingerprint density at radius 2 is 1.87 bits per heavy atom. The second-order valence-electron chi connectivity index (χ2n) is 7.02. The lowest BCUT2D eigenvalue weighted by Gasteiger charge is -2.12. The molecular formula is C23H19FN4O3. The third-order valence-electron chi connectivity index (χ3n) is 4.78. The molecule has 0 unspecified atom stereocenters. The minimum atomic E-state index is -0.380. The van der Waals surface area contributed by atoms with Gasteiger partial charge in [-0.05, 0) is 48.9 Å². The van der Waals surface area contributed by atoms with Gasteiger partial charge in [0.25, 0.3) is 5.91 Å². The van der Waals surface area contributed by atoms with Crippen LogP contribution in [0.3, 0.4) is 0 Å². The molecule has 0 aliphatic heterocycles. The first-order valence-corrected chi connectivity index (χ1v) is 9.51. The molecule has 0 aliphatic carbocycles. The van der Waals surface area contributed by atoms with Crippen LogP contribution in [0.25, 0.3) is 16.6 Å². The summed E-state index contributed by atoms with van der Waals surface area (Å²) in [5.74, 6) is -0.236. The highest BCUT2D eigenvalue weighted by atomic mass is 19.1. The van der Waals surface area contributed by atoms with E-state index in [0.717, 1.165) is 5.56 Å². The van der Waals surface area contributed by atoms with Gasteiger partial charge in [-0.15, -0.1) is 0 Å². The van der Waals surface area contributed by atoms with Gasteiger partial charge in [0, 0.05) is 18.0 Å². The van der Waals surface area contributed by atoms with E-state index in [-0.39, 0.29) is 23.9 Å². The fourth-order valence-corrected chi connectivity index (χ4v) is 3.34.